The standard InChI is InChI=1S/C15H21NO/c1-2-16(14-9-4-3-5-10-14)15-11-7-6-8-13(15)12-17/h6-8,11-12,14H,2-5,9-10H2,1H3. The maximum absolute atomic E-state index is 11.1. The molecular weight excluding hydrogens is 210 g/mol. The third kappa shape index (κ3) is 2.68. The van der Waals surface area contributed by atoms with Crippen LogP contribution in [0, 0.1) is 0 Å². The van der Waals surface area contributed by atoms with Crippen LogP contribution in [-0.4, -0.2) is 18.9 Å². The normalized spacial score (nSPS) is 16.8. The molecule has 0 unspecified atom stereocenters. The van der Waals surface area contributed by atoms with Crippen LogP contribution < -0.4 is 4.90 Å². The summed E-state index contributed by atoms with van der Waals surface area (Å²) in [5.41, 5.74) is 1.93. The Balaban J connectivity index is 2.24. The van der Waals surface area contributed by atoms with Crippen molar-refractivity contribution < 1.29 is 4.79 Å². The van der Waals surface area contributed by atoms with E-state index in [1.807, 2.05) is 18.2 Å². The molecule has 1 aliphatic carbocycles. The van der Waals surface area contributed by atoms with Gasteiger partial charge in [-0.25, -0.2) is 0 Å². The van der Waals surface area contributed by atoms with E-state index in [9.17, 15) is 4.79 Å². The van der Waals surface area contributed by atoms with Crippen LogP contribution in [0.15, 0.2) is 24.3 Å². The zero-order chi connectivity index (χ0) is 12.1. The Kier molecular flexibility index (Phi) is 4.18. The Morgan fingerprint density at radius 2 is 1.94 bits per heavy atom. The van der Waals surface area contributed by atoms with E-state index in [1.165, 1.54) is 32.1 Å². The van der Waals surface area contributed by atoms with Crippen molar-refractivity contribution in [2.24, 2.45) is 0 Å². The molecule has 0 aliphatic heterocycles. The molecule has 92 valence electrons. The zero-order valence-electron chi connectivity index (χ0n) is 10.6. The van der Waals surface area contributed by atoms with Crippen molar-refractivity contribution in [2.45, 2.75) is 45.1 Å². The van der Waals surface area contributed by atoms with Crippen molar-refractivity contribution in [3.63, 3.8) is 0 Å². The maximum Gasteiger partial charge on any atom is 0.152 e. The summed E-state index contributed by atoms with van der Waals surface area (Å²) in [4.78, 5) is 13.5. The largest absolute Gasteiger partial charge is 0.368 e. The quantitative estimate of drug-likeness (QED) is 0.737. The molecule has 2 heteroatoms. The lowest BCUT2D eigenvalue weighted by Gasteiger charge is -2.36. The lowest BCUT2D eigenvalue weighted by Crippen LogP contribution is -2.37. The molecule has 1 aliphatic rings. The minimum atomic E-state index is 0.620. The highest BCUT2D eigenvalue weighted by Crippen LogP contribution is 2.28. The lowest BCUT2D eigenvalue weighted by molar-refractivity contribution is 0.112. The Morgan fingerprint density at radius 1 is 1.24 bits per heavy atom. The lowest BCUT2D eigenvalue weighted by atomic mass is 9.93. The van der Waals surface area contributed by atoms with Crippen molar-refractivity contribution in [1.82, 2.24) is 0 Å². The van der Waals surface area contributed by atoms with E-state index in [-0.39, 0.29) is 0 Å². The fourth-order valence-corrected chi connectivity index (χ4v) is 2.87. The van der Waals surface area contributed by atoms with Crippen molar-refractivity contribution in [3.05, 3.63) is 29.8 Å². The number of aldehydes is 1. The SMILES string of the molecule is CCN(c1ccccc1C=O)C1CCCCC1. The third-order valence-corrected chi connectivity index (χ3v) is 3.73. The summed E-state index contributed by atoms with van der Waals surface area (Å²) < 4.78 is 0. The summed E-state index contributed by atoms with van der Waals surface area (Å²) in [5, 5.41) is 0. The molecule has 0 bridgehead atoms. The molecule has 1 fully saturated rings. The fourth-order valence-electron chi connectivity index (χ4n) is 2.87. The zero-order valence-corrected chi connectivity index (χ0v) is 10.6. The molecule has 0 atom stereocenters. The first-order valence-electron chi connectivity index (χ1n) is 6.67. The van der Waals surface area contributed by atoms with Crippen LogP contribution in [0.2, 0.25) is 0 Å². The Bertz CT molecular complexity index is 369. The average Bonchev–Trinajstić information content (AvgIpc) is 2.41. The number of benzene rings is 1. The van der Waals surface area contributed by atoms with Gasteiger partial charge in [-0.05, 0) is 31.9 Å². The summed E-state index contributed by atoms with van der Waals surface area (Å²) in [6.07, 6.45) is 7.51. The minimum absolute atomic E-state index is 0.620. The summed E-state index contributed by atoms with van der Waals surface area (Å²) >= 11 is 0. The monoisotopic (exact) mass is 231 g/mol. The molecule has 0 aromatic heterocycles. The van der Waals surface area contributed by atoms with Gasteiger partial charge in [0.05, 0.1) is 0 Å². The molecule has 17 heavy (non-hydrogen) atoms. The Morgan fingerprint density at radius 3 is 2.59 bits per heavy atom. The molecule has 0 spiro atoms. The van der Waals surface area contributed by atoms with Gasteiger partial charge in [-0.2, -0.15) is 0 Å². The number of carbonyl (C=O) groups is 1. The van der Waals surface area contributed by atoms with Crippen molar-refractivity contribution in [1.29, 1.82) is 0 Å². The highest BCUT2D eigenvalue weighted by atomic mass is 16.1. The van der Waals surface area contributed by atoms with Crippen LogP contribution in [-0.2, 0) is 0 Å². The van der Waals surface area contributed by atoms with E-state index in [1.54, 1.807) is 0 Å². The number of anilines is 1. The second kappa shape index (κ2) is 5.85. The van der Waals surface area contributed by atoms with E-state index in [2.05, 4.69) is 17.9 Å². The van der Waals surface area contributed by atoms with Crippen molar-refractivity contribution in [3.8, 4) is 0 Å². The molecule has 2 rings (SSSR count). The second-order valence-electron chi connectivity index (χ2n) is 4.75. The maximum atomic E-state index is 11.1. The molecule has 1 aromatic rings. The highest BCUT2D eigenvalue weighted by molar-refractivity contribution is 5.84. The predicted molar refractivity (Wildman–Crippen MR) is 71.7 cm³/mol. The first-order valence-corrected chi connectivity index (χ1v) is 6.67. The second-order valence-corrected chi connectivity index (χ2v) is 4.75. The number of para-hydroxylation sites is 1. The van der Waals surface area contributed by atoms with E-state index in [4.69, 9.17) is 0 Å². The number of nitrogens with zero attached hydrogens (tertiary/aromatic N) is 1. The molecule has 0 amide bonds. The summed E-state index contributed by atoms with van der Waals surface area (Å²) in [5.74, 6) is 0. The van der Waals surface area contributed by atoms with Crippen LogP contribution in [0.5, 0.6) is 0 Å². The smallest absolute Gasteiger partial charge is 0.152 e. The van der Waals surface area contributed by atoms with Gasteiger partial charge >= 0.3 is 0 Å². The molecule has 0 saturated heterocycles. The number of hydrogen-bond donors (Lipinski definition) is 0. The molecule has 0 N–H and O–H groups in total. The van der Waals surface area contributed by atoms with Gasteiger partial charge in [0.1, 0.15) is 0 Å². The summed E-state index contributed by atoms with van der Waals surface area (Å²) in [6, 6.07) is 8.56. The van der Waals surface area contributed by atoms with E-state index < -0.39 is 0 Å². The minimum Gasteiger partial charge on any atom is -0.368 e. The van der Waals surface area contributed by atoms with Gasteiger partial charge in [0.25, 0.3) is 0 Å². The number of carbonyl (C=O) groups excluding carboxylic acids is 1. The first kappa shape index (κ1) is 12.2. The van der Waals surface area contributed by atoms with Crippen LogP contribution in [0.1, 0.15) is 49.4 Å². The third-order valence-electron chi connectivity index (χ3n) is 3.73. The summed E-state index contributed by atoms with van der Waals surface area (Å²) in [6.45, 7) is 3.16. The van der Waals surface area contributed by atoms with E-state index in [0.29, 0.717) is 6.04 Å². The van der Waals surface area contributed by atoms with Gasteiger partial charge in [-0.3, -0.25) is 4.79 Å². The molecule has 0 radical (unpaired) electrons. The van der Waals surface area contributed by atoms with Crippen LogP contribution in [0.3, 0.4) is 0 Å². The summed E-state index contributed by atoms with van der Waals surface area (Å²) in [7, 11) is 0. The predicted octanol–water partition coefficient (Wildman–Crippen LogP) is 3.66. The molecule has 1 saturated carbocycles. The number of rotatable bonds is 4. The first-order chi connectivity index (χ1) is 8.36. The van der Waals surface area contributed by atoms with Crippen LogP contribution >= 0.6 is 0 Å². The van der Waals surface area contributed by atoms with Gasteiger partial charge < -0.3 is 4.90 Å². The van der Waals surface area contributed by atoms with E-state index in [0.717, 1.165) is 24.1 Å². The molecule has 1 aromatic carbocycles. The fraction of sp³-hybridized carbons (Fsp3) is 0.533. The van der Waals surface area contributed by atoms with Crippen molar-refractivity contribution >= 4 is 12.0 Å². The Hall–Kier alpha value is -1.31. The highest BCUT2D eigenvalue weighted by Gasteiger charge is 2.21. The van der Waals surface area contributed by atoms with Crippen molar-refractivity contribution in [2.75, 3.05) is 11.4 Å². The number of hydrogen-bond acceptors (Lipinski definition) is 2. The molecular formula is C15H21NO. The van der Waals surface area contributed by atoms with Gasteiger partial charge in [0.2, 0.25) is 0 Å². The van der Waals surface area contributed by atoms with Gasteiger partial charge in [0.15, 0.2) is 6.29 Å². The Labute approximate surface area is 104 Å². The molecule has 2 nitrogen and oxygen atoms in total. The van der Waals surface area contributed by atoms with E-state index >= 15 is 0 Å². The van der Waals surface area contributed by atoms with Crippen LogP contribution in [0.25, 0.3) is 0 Å². The average molecular weight is 231 g/mol. The van der Waals surface area contributed by atoms with Gasteiger partial charge in [-0.15, -0.1) is 0 Å². The van der Waals surface area contributed by atoms with Crippen LogP contribution in [0.4, 0.5) is 5.69 Å². The molecule has 0 heterocycles. The van der Waals surface area contributed by atoms with Gasteiger partial charge in [0, 0.05) is 23.8 Å². The topological polar surface area (TPSA) is 20.3 Å². The van der Waals surface area contributed by atoms with Gasteiger partial charge in [-0.1, -0.05) is 31.4 Å².